The van der Waals surface area contributed by atoms with Gasteiger partial charge in [0, 0.05) is 25.7 Å². The summed E-state index contributed by atoms with van der Waals surface area (Å²) in [5, 5.41) is 3.67. The maximum atomic E-state index is 12.0. The largest absolute Gasteiger partial charge is 0.444 e. The van der Waals surface area contributed by atoms with Gasteiger partial charge in [-0.15, -0.1) is 0 Å². The van der Waals surface area contributed by atoms with E-state index in [-0.39, 0.29) is 12.2 Å². The summed E-state index contributed by atoms with van der Waals surface area (Å²) in [5.41, 5.74) is -0.424. The van der Waals surface area contributed by atoms with Crippen LogP contribution in [0.1, 0.15) is 66.2 Å². The molecule has 0 spiro atoms. The molecule has 0 aromatic carbocycles. The molecule has 2 fully saturated rings. The Hall–Kier alpha value is -0.810. The Kier molecular flexibility index (Phi) is 7.35. The minimum Gasteiger partial charge on any atom is -0.444 e. The topological polar surface area (TPSA) is 50.8 Å². The minimum absolute atomic E-state index is 0.200. The van der Waals surface area contributed by atoms with Gasteiger partial charge in [-0.3, -0.25) is 0 Å². The van der Waals surface area contributed by atoms with Crippen molar-refractivity contribution in [2.45, 2.75) is 84.0 Å². The van der Waals surface area contributed by atoms with Crippen molar-refractivity contribution in [1.29, 1.82) is 0 Å². The molecule has 1 saturated carbocycles. The van der Waals surface area contributed by atoms with E-state index in [1.165, 1.54) is 25.7 Å². The van der Waals surface area contributed by atoms with Crippen LogP contribution in [0.3, 0.4) is 0 Å². The van der Waals surface area contributed by atoms with Crippen LogP contribution in [0.25, 0.3) is 0 Å². The van der Waals surface area contributed by atoms with Crippen molar-refractivity contribution in [3.05, 3.63) is 0 Å². The smallest absolute Gasteiger partial charge is 0.410 e. The van der Waals surface area contributed by atoms with Crippen LogP contribution in [-0.2, 0) is 9.47 Å². The molecule has 1 aliphatic heterocycles. The number of carbonyl (C=O) groups excluding carboxylic acids is 1. The predicted octanol–water partition coefficient (Wildman–Crippen LogP) is 3.57. The molecule has 1 atom stereocenters. The summed E-state index contributed by atoms with van der Waals surface area (Å²) in [6, 6.07) is 0.688. The molecule has 2 aliphatic rings. The third-order valence-electron chi connectivity index (χ3n) is 4.75. The first-order valence-electron chi connectivity index (χ1n) is 9.72. The third-order valence-corrected chi connectivity index (χ3v) is 4.75. The minimum atomic E-state index is -0.424. The van der Waals surface area contributed by atoms with Crippen LogP contribution in [-0.4, -0.2) is 55.0 Å². The second kappa shape index (κ2) is 9.04. The Morgan fingerprint density at radius 1 is 1.21 bits per heavy atom. The average molecular weight is 341 g/mol. The van der Waals surface area contributed by atoms with E-state index in [0.29, 0.717) is 6.04 Å². The zero-order valence-electron chi connectivity index (χ0n) is 16.0. The fraction of sp³-hybridized carbons (Fsp3) is 0.947. The van der Waals surface area contributed by atoms with Crippen molar-refractivity contribution >= 4 is 6.09 Å². The summed E-state index contributed by atoms with van der Waals surface area (Å²) in [4.78, 5) is 13.8. The molecule has 24 heavy (non-hydrogen) atoms. The normalized spacial score (nSPS) is 20.9. The van der Waals surface area contributed by atoms with E-state index in [4.69, 9.17) is 9.47 Å². The molecule has 5 nitrogen and oxygen atoms in total. The van der Waals surface area contributed by atoms with Crippen LogP contribution in [0, 0.1) is 5.92 Å². The molecule has 1 saturated heterocycles. The fourth-order valence-corrected chi connectivity index (χ4v) is 3.32. The van der Waals surface area contributed by atoms with Gasteiger partial charge in [0.25, 0.3) is 0 Å². The summed E-state index contributed by atoms with van der Waals surface area (Å²) in [6.07, 6.45) is 7.19. The number of amides is 1. The highest BCUT2D eigenvalue weighted by Gasteiger charge is 2.30. The number of likely N-dealkylation sites (tertiary alicyclic amines) is 1. The van der Waals surface area contributed by atoms with Crippen LogP contribution in [0.2, 0.25) is 0 Å². The molecule has 140 valence electrons. The molecule has 5 heteroatoms. The van der Waals surface area contributed by atoms with Crippen LogP contribution in [0.4, 0.5) is 4.79 Å². The molecule has 1 amide bonds. The first-order valence-corrected chi connectivity index (χ1v) is 9.72. The standard InChI is InChI=1S/C19H36N2O3/c1-5-6-17(15-7-8-15)20-11-14-23-16-9-12-21(13-10-16)18(22)24-19(2,3)4/h15-17,20H,5-14H2,1-4H3. The van der Waals surface area contributed by atoms with Gasteiger partial charge < -0.3 is 19.7 Å². The van der Waals surface area contributed by atoms with E-state index in [9.17, 15) is 4.79 Å². The first-order chi connectivity index (χ1) is 11.4. The number of carbonyl (C=O) groups is 1. The molecular formula is C19H36N2O3. The van der Waals surface area contributed by atoms with Crippen molar-refractivity contribution in [2.24, 2.45) is 5.92 Å². The quantitative estimate of drug-likeness (QED) is 0.686. The van der Waals surface area contributed by atoms with Crippen LogP contribution >= 0.6 is 0 Å². The van der Waals surface area contributed by atoms with Gasteiger partial charge in [-0.1, -0.05) is 13.3 Å². The van der Waals surface area contributed by atoms with Crippen molar-refractivity contribution in [3.8, 4) is 0 Å². The van der Waals surface area contributed by atoms with Crippen molar-refractivity contribution in [1.82, 2.24) is 10.2 Å². The first kappa shape index (κ1) is 19.5. The van der Waals surface area contributed by atoms with Crippen molar-refractivity contribution in [2.75, 3.05) is 26.2 Å². The van der Waals surface area contributed by atoms with Gasteiger partial charge in [0.1, 0.15) is 5.60 Å². The molecule has 1 heterocycles. The lowest BCUT2D eigenvalue weighted by Gasteiger charge is -2.33. The molecule has 2 rings (SSSR count). The van der Waals surface area contributed by atoms with Crippen LogP contribution in [0.5, 0.6) is 0 Å². The number of ether oxygens (including phenoxy) is 2. The van der Waals surface area contributed by atoms with E-state index in [1.54, 1.807) is 4.90 Å². The van der Waals surface area contributed by atoms with E-state index in [1.807, 2.05) is 20.8 Å². The number of piperidine rings is 1. The molecule has 0 bridgehead atoms. The van der Waals surface area contributed by atoms with Crippen LogP contribution in [0.15, 0.2) is 0 Å². The molecule has 1 unspecified atom stereocenters. The fourth-order valence-electron chi connectivity index (χ4n) is 3.32. The van der Waals surface area contributed by atoms with Crippen molar-refractivity contribution < 1.29 is 14.3 Å². The summed E-state index contributed by atoms with van der Waals surface area (Å²) in [7, 11) is 0. The van der Waals surface area contributed by atoms with Crippen molar-refractivity contribution in [3.63, 3.8) is 0 Å². The highest BCUT2D eigenvalue weighted by atomic mass is 16.6. The second-order valence-corrected chi connectivity index (χ2v) is 8.22. The van der Waals surface area contributed by atoms with E-state index >= 15 is 0 Å². The second-order valence-electron chi connectivity index (χ2n) is 8.22. The molecule has 0 aromatic heterocycles. The van der Waals surface area contributed by atoms with Gasteiger partial charge in [0.05, 0.1) is 12.7 Å². The lowest BCUT2D eigenvalue weighted by molar-refractivity contribution is -0.0109. The highest BCUT2D eigenvalue weighted by molar-refractivity contribution is 5.68. The number of hydrogen-bond donors (Lipinski definition) is 1. The van der Waals surface area contributed by atoms with E-state index < -0.39 is 5.60 Å². The van der Waals surface area contributed by atoms with Gasteiger partial charge >= 0.3 is 6.09 Å². The predicted molar refractivity (Wildman–Crippen MR) is 96.2 cm³/mol. The Bertz CT molecular complexity index is 383. The van der Waals surface area contributed by atoms with Gasteiger partial charge in [0.2, 0.25) is 0 Å². The zero-order valence-corrected chi connectivity index (χ0v) is 16.0. The SMILES string of the molecule is CCCC(NCCOC1CCN(C(=O)OC(C)(C)C)CC1)C1CC1. The molecule has 1 aliphatic carbocycles. The molecular weight excluding hydrogens is 304 g/mol. The lowest BCUT2D eigenvalue weighted by atomic mass is 10.1. The lowest BCUT2D eigenvalue weighted by Crippen LogP contribution is -2.44. The Labute approximate surface area is 147 Å². The zero-order chi connectivity index (χ0) is 17.6. The molecule has 0 radical (unpaired) electrons. The monoisotopic (exact) mass is 340 g/mol. The van der Waals surface area contributed by atoms with Gasteiger partial charge in [-0.05, 0) is 58.8 Å². The Balaban J connectivity index is 1.57. The number of nitrogens with one attached hydrogen (secondary N) is 1. The summed E-state index contributed by atoms with van der Waals surface area (Å²) >= 11 is 0. The average Bonchev–Trinajstić information content (AvgIpc) is 3.34. The van der Waals surface area contributed by atoms with Gasteiger partial charge in [-0.25, -0.2) is 4.79 Å². The summed E-state index contributed by atoms with van der Waals surface area (Å²) in [6.45, 7) is 11.1. The number of nitrogens with zero attached hydrogens (tertiary/aromatic N) is 1. The Morgan fingerprint density at radius 2 is 1.88 bits per heavy atom. The maximum absolute atomic E-state index is 12.0. The number of hydrogen-bond acceptors (Lipinski definition) is 4. The maximum Gasteiger partial charge on any atom is 0.410 e. The highest BCUT2D eigenvalue weighted by Crippen LogP contribution is 2.34. The third kappa shape index (κ3) is 6.98. The van der Waals surface area contributed by atoms with Crippen LogP contribution < -0.4 is 5.32 Å². The molecule has 1 N–H and O–H groups in total. The van der Waals surface area contributed by atoms with Gasteiger partial charge in [0.15, 0.2) is 0 Å². The summed E-state index contributed by atoms with van der Waals surface area (Å²) < 4.78 is 11.4. The summed E-state index contributed by atoms with van der Waals surface area (Å²) in [5.74, 6) is 0.905. The Morgan fingerprint density at radius 3 is 2.42 bits per heavy atom. The molecule has 0 aromatic rings. The van der Waals surface area contributed by atoms with E-state index in [0.717, 1.165) is 45.0 Å². The number of rotatable bonds is 8. The van der Waals surface area contributed by atoms with Gasteiger partial charge in [-0.2, -0.15) is 0 Å². The van der Waals surface area contributed by atoms with E-state index in [2.05, 4.69) is 12.2 Å².